The normalized spacial score (nSPS) is 15.8. The van der Waals surface area contributed by atoms with E-state index < -0.39 is 5.97 Å². The van der Waals surface area contributed by atoms with E-state index in [0.717, 1.165) is 36.9 Å². The van der Waals surface area contributed by atoms with E-state index in [4.69, 9.17) is 9.47 Å². The second-order valence-corrected chi connectivity index (χ2v) is 8.26. The van der Waals surface area contributed by atoms with Crippen LogP contribution in [0.3, 0.4) is 0 Å². The van der Waals surface area contributed by atoms with Gasteiger partial charge in [0.2, 0.25) is 0 Å². The van der Waals surface area contributed by atoms with Gasteiger partial charge >= 0.3 is 5.97 Å². The summed E-state index contributed by atoms with van der Waals surface area (Å²) in [6.45, 7) is 4.68. The van der Waals surface area contributed by atoms with Gasteiger partial charge in [0, 0.05) is 49.1 Å². The highest BCUT2D eigenvalue weighted by Crippen LogP contribution is 2.26. The molecule has 3 heterocycles. The zero-order valence-corrected chi connectivity index (χ0v) is 18.2. The lowest BCUT2D eigenvalue weighted by Gasteiger charge is -2.20. The fraction of sp³-hybridized carbons (Fsp3) is 0.545. The zero-order valence-electron chi connectivity index (χ0n) is 18.2. The molecule has 0 fully saturated rings. The van der Waals surface area contributed by atoms with E-state index >= 15 is 0 Å². The van der Waals surface area contributed by atoms with Crippen molar-refractivity contribution in [2.75, 3.05) is 20.2 Å². The largest absolute Gasteiger partial charge is 0.490 e. The number of hydrogen-bond donors (Lipinski definition) is 1. The molecule has 2 aliphatic rings. The number of rotatable bonds is 4. The van der Waals surface area contributed by atoms with E-state index in [0.29, 0.717) is 37.4 Å². The van der Waals surface area contributed by atoms with Crippen LogP contribution in [0.25, 0.3) is 0 Å². The van der Waals surface area contributed by atoms with Gasteiger partial charge in [0.25, 0.3) is 11.5 Å². The van der Waals surface area contributed by atoms with E-state index in [1.807, 2.05) is 13.8 Å². The van der Waals surface area contributed by atoms with E-state index in [1.165, 1.54) is 13.2 Å². The first-order valence-electron chi connectivity index (χ1n) is 10.8. The fourth-order valence-electron chi connectivity index (χ4n) is 4.43. The van der Waals surface area contributed by atoms with Gasteiger partial charge < -0.3 is 18.9 Å². The molecule has 1 aliphatic carbocycles. The third-order valence-electron chi connectivity index (χ3n) is 5.89. The van der Waals surface area contributed by atoms with Gasteiger partial charge in [-0.05, 0) is 39.5 Å². The summed E-state index contributed by atoms with van der Waals surface area (Å²) < 4.78 is 12.3. The summed E-state index contributed by atoms with van der Waals surface area (Å²) >= 11 is 0. The van der Waals surface area contributed by atoms with Crippen LogP contribution in [0.5, 0.6) is 5.75 Å². The maximum Gasteiger partial charge on any atom is 0.343 e. The van der Waals surface area contributed by atoms with Crippen molar-refractivity contribution in [3.8, 4) is 5.75 Å². The molecule has 4 rings (SSSR count). The van der Waals surface area contributed by atoms with E-state index in [-0.39, 0.29) is 28.9 Å². The number of nitrogens with zero attached hydrogens (tertiary/aromatic N) is 3. The molecule has 1 amide bonds. The number of ether oxygens (including phenoxy) is 2. The fourth-order valence-corrected chi connectivity index (χ4v) is 4.43. The average molecular weight is 428 g/mol. The van der Waals surface area contributed by atoms with Gasteiger partial charge in [-0.2, -0.15) is 5.10 Å². The predicted molar refractivity (Wildman–Crippen MR) is 113 cm³/mol. The molecule has 0 radical (unpaired) electrons. The number of amides is 1. The van der Waals surface area contributed by atoms with Gasteiger partial charge in [-0.1, -0.05) is 0 Å². The molecule has 0 unspecified atom stereocenters. The second-order valence-electron chi connectivity index (χ2n) is 8.26. The Morgan fingerprint density at radius 2 is 1.90 bits per heavy atom. The number of methoxy groups -OCH3 is 1. The molecular weight excluding hydrogens is 400 g/mol. The van der Waals surface area contributed by atoms with Crippen LogP contribution in [-0.2, 0) is 30.5 Å². The number of pyridine rings is 1. The van der Waals surface area contributed by atoms with Crippen molar-refractivity contribution in [2.45, 2.75) is 58.6 Å². The molecule has 0 atom stereocenters. The highest BCUT2D eigenvalue weighted by Gasteiger charge is 2.30. The number of carbonyl (C=O) groups excluding carboxylic acids is 2. The minimum atomic E-state index is -0.555. The van der Waals surface area contributed by atoms with Gasteiger partial charge in [-0.3, -0.25) is 14.7 Å². The maximum atomic E-state index is 13.2. The molecule has 31 heavy (non-hydrogen) atoms. The number of hydrogen-bond acceptors (Lipinski definition) is 6. The summed E-state index contributed by atoms with van der Waals surface area (Å²) in [5.41, 5.74) is 3.07. The molecule has 0 bridgehead atoms. The number of fused-ring (bicyclic) bond motifs is 2. The molecule has 9 nitrogen and oxygen atoms in total. The average Bonchev–Trinajstić information content (AvgIpc) is 3.05. The lowest BCUT2D eigenvalue weighted by Crippen LogP contribution is -2.35. The summed E-state index contributed by atoms with van der Waals surface area (Å²) in [6, 6.07) is 1.33. The molecule has 0 saturated heterocycles. The Hall–Kier alpha value is -3.10. The van der Waals surface area contributed by atoms with Crippen LogP contribution in [0.1, 0.15) is 64.5 Å². The second kappa shape index (κ2) is 8.56. The summed E-state index contributed by atoms with van der Waals surface area (Å²) in [5, 5.41) is 7.31. The van der Waals surface area contributed by atoms with E-state index in [9.17, 15) is 14.4 Å². The Kier molecular flexibility index (Phi) is 5.84. The molecule has 0 spiro atoms. The molecule has 166 valence electrons. The standard InChI is InChI=1S/C22H28N4O5/c1-13(2)31-17-12-18(27)26-11-10-25(9-8-16(26)19(17)22(29)30-3)21(28)20-14-6-4-5-7-15(14)23-24-20/h12-13H,4-11H2,1-3H3,(H,23,24). The Bertz CT molecular complexity index is 1070. The first-order chi connectivity index (χ1) is 14.9. The smallest absolute Gasteiger partial charge is 0.343 e. The first-order valence-corrected chi connectivity index (χ1v) is 10.8. The number of carbonyl (C=O) groups is 2. The minimum Gasteiger partial charge on any atom is -0.490 e. The number of aryl methyl sites for hydroxylation is 1. The molecule has 2 aromatic heterocycles. The van der Waals surface area contributed by atoms with Crippen molar-refractivity contribution >= 4 is 11.9 Å². The Morgan fingerprint density at radius 1 is 1.13 bits per heavy atom. The zero-order chi connectivity index (χ0) is 22.1. The van der Waals surface area contributed by atoms with Crippen LogP contribution in [0.15, 0.2) is 10.9 Å². The van der Waals surface area contributed by atoms with Gasteiger partial charge in [-0.25, -0.2) is 4.79 Å². The molecule has 2 aromatic rings. The minimum absolute atomic E-state index is 0.140. The number of aromatic amines is 1. The molecule has 0 aromatic carbocycles. The van der Waals surface area contributed by atoms with Crippen LogP contribution < -0.4 is 10.3 Å². The summed E-state index contributed by atoms with van der Waals surface area (Å²) in [7, 11) is 1.30. The molecule has 9 heteroatoms. The third kappa shape index (κ3) is 3.96. The summed E-state index contributed by atoms with van der Waals surface area (Å²) in [4.78, 5) is 40.3. The lowest BCUT2D eigenvalue weighted by molar-refractivity contribution is 0.0591. The molecule has 1 aliphatic heterocycles. The number of H-pyrrole nitrogens is 1. The Labute approximate surface area is 180 Å². The van der Waals surface area contributed by atoms with Gasteiger partial charge in [0.15, 0.2) is 5.69 Å². The number of nitrogens with one attached hydrogen (secondary N) is 1. The summed E-state index contributed by atoms with van der Waals surface area (Å²) in [6.07, 6.45) is 4.05. The number of esters is 1. The van der Waals surface area contributed by atoms with Gasteiger partial charge in [-0.15, -0.1) is 0 Å². The maximum absolute atomic E-state index is 13.2. The van der Waals surface area contributed by atoms with Crippen molar-refractivity contribution in [2.24, 2.45) is 0 Å². The van der Waals surface area contributed by atoms with Crippen LogP contribution >= 0.6 is 0 Å². The van der Waals surface area contributed by atoms with Crippen LogP contribution in [0.2, 0.25) is 0 Å². The Balaban J connectivity index is 1.66. The molecule has 1 N–H and O–H groups in total. The molecule has 0 saturated carbocycles. The number of aromatic nitrogens is 3. The van der Waals surface area contributed by atoms with Gasteiger partial charge in [0.1, 0.15) is 11.3 Å². The van der Waals surface area contributed by atoms with Crippen LogP contribution in [0.4, 0.5) is 0 Å². The van der Waals surface area contributed by atoms with E-state index in [1.54, 1.807) is 9.47 Å². The van der Waals surface area contributed by atoms with Crippen LogP contribution in [-0.4, -0.2) is 57.8 Å². The van der Waals surface area contributed by atoms with Crippen molar-refractivity contribution in [3.63, 3.8) is 0 Å². The molecular formula is C22H28N4O5. The van der Waals surface area contributed by atoms with Crippen molar-refractivity contribution in [1.82, 2.24) is 19.7 Å². The van der Waals surface area contributed by atoms with E-state index in [2.05, 4.69) is 10.2 Å². The Morgan fingerprint density at radius 3 is 2.65 bits per heavy atom. The summed E-state index contributed by atoms with van der Waals surface area (Å²) in [5.74, 6) is -0.474. The van der Waals surface area contributed by atoms with Gasteiger partial charge in [0.05, 0.1) is 13.2 Å². The van der Waals surface area contributed by atoms with Crippen molar-refractivity contribution in [3.05, 3.63) is 44.6 Å². The quantitative estimate of drug-likeness (QED) is 0.744. The monoisotopic (exact) mass is 428 g/mol. The highest BCUT2D eigenvalue weighted by atomic mass is 16.5. The van der Waals surface area contributed by atoms with Crippen molar-refractivity contribution < 1.29 is 19.1 Å². The topological polar surface area (TPSA) is 107 Å². The SMILES string of the molecule is COC(=O)c1c(OC(C)C)cc(=O)n2c1CCN(C(=O)c1n[nH]c3c1CCCC3)CC2. The first kappa shape index (κ1) is 21.1. The van der Waals surface area contributed by atoms with Crippen LogP contribution in [0, 0.1) is 0 Å². The third-order valence-corrected chi connectivity index (χ3v) is 5.89. The lowest BCUT2D eigenvalue weighted by atomic mass is 9.95. The highest BCUT2D eigenvalue weighted by molar-refractivity contribution is 5.95. The van der Waals surface area contributed by atoms with Crippen molar-refractivity contribution in [1.29, 1.82) is 0 Å². The predicted octanol–water partition coefficient (Wildman–Crippen LogP) is 1.72.